The molecule has 0 N–H and O–H groups in total. The maximum Gasteiger partial charge on any atom is 0.293 e. The van der Waals surface area contributed by atoms with Gasteiger partial charge < -0.3 is 9.47 Å². The molecule has 0 aliphatic carbocycles. The number of alkyl halides is 1. The number of nitrogens with zero attached hydrogens (tertiary/aromatic N) is 3. The highest BCUT2D eigenvalue weighted by Gasteiger charge is 2.12. The molecule has 0 aliphatic rings. The van der Waals surface area contributed by atoms with Gasteiger partial charge in [-0.2, -0.15) is 0 Å². The zero-order chi connectivity index (χ0) is 13.7. The minimum atomic E-state index is -0.0700. The summed E-state index contributed by atoms with van der Waals surface area (Å²) in [5, 5.41) is 0.791. The molecule has 2 aromatic rings. The van der Waals surface area contributed by atoms with Crippen LogP contribution in [-0.4, -0.2) is 21.4 Å². The quantitative estimate of drug-likeness (QED) is 0.792. The molecule has 1 aromatic heterocycles. The summed E-state index contributed by atoms with van der Waals surface area (Å²) in [5.41, 5.74) is 1.09. The van der Waals surface area contributed by atoms with E-state index in [1.165, 1.54) is 0 Å². The van der Waals surface area contributed by atoms with Crippen LogP contribution < -0.4 is 10.5 Å². The Morgan fingerprint density at radius 2 is 2.05 bits per heavy atom. The zero-order valence-electron chi connectivity index (χ0n) is 10.8. The minimum absolute atomic E-state index is 0.0700. The predicted octanol–water partition coefficient (Wildman–Crippen LogP) is 2.18. The first-order valence-electron chi connectivity index (χ1n) is 6.09. The molecule has 0 fully saturated rings. The Morgan fingerprint density at radius 1 is 1.32 bits per heavy atom. The number of hydrogen-bond donors (Lipinski definition) is 0. The fraction of sp³-hybridized carbons (Fsp3) is 0.286. The Bertz CT molecular complexity index is 583. The molecule has 2 rings (SSSR count). The molecule has 4 nitrogen and oxygen atoms in total. The van der Waals surface area contributed by atoms with Gasteiger partial charge in [0.05, 0.1) is 0 Å². The minimum Gasteiger partial charge on any atom is -0.347 e. The Labute approximate surface area is 120 Å². The molecule has 0 radical (unpaired) electrons. The molecule has 0 saturated carbocycles. The molecule has 1 heterocycles. The lowest BCUT2D eigenvalue weighted by atomic mass is 10.2. The predicted molar refractivity (Wildman–Crippen MR) is 80.8 cm³/mol. The third-order valence-electron chi connectivity index (χ3n) is 2.87. The molecule has 0 bridgehead atoms. The molecular weight excluding hydrogens is 306 g/mol. The highest BCUT2D eigenvalue weighted by Crippen LogP contribution is 2.10. The van der Waals surface area contributed by atoms with E-state index in [2.05, 4.69) is 33.0 Å². The summed E-state index contributed by atoms with van der Waals surface area (Å²) in [6, 6.07) is 10.1. The van der Waals surface area contributed by atoms with Gasteiger partial charge in [-0.3, -0.25) is 4.79 Å². The molecule has 19 heavy (non-hydrogen) atoms. The van der Waals surface area contributed by atoms with Gasteiger partial charge in [-0.25, -0.2) is 4.98 Å². The van der Waals surface area contributed by atoms with Crippen LogP contribution in [0.15, 0.2) is 47.5 Å². The standard InChI is InChI=1S/C14H16BrN3O/c1-17-10-8-16-13(14(17)19)18(9-7-15)11-12-5-3-2-4-6-12/h2-6,8,10H,7,9,11H2,1H3. The van der Waals surface area contributed by atoms with Gasteiger partial charge in [0.25, 0.3) is 5.56 Å². The summed E-state index contributed by atoms with van der Waals surface area (Å²) in [7, 11) is 1.74. The van der Waals surface area contributed by atoms with Gasteiger partial charge in [-0.1, -0.05) is 46.3 Å². The number of anilines is 1. The number of halogens is 1. The van der Waals surface area contributed by atoms with Crippen LogP contribution in [0, 0.1) is 0 Å². The van der Waals surface area contributed by atoms with Crippen molar-refractivity contribution >= 4 is 21.7 Å². The summed E-state index contributed by atoms with van der Waals surface area (Å²) in [4.78, 5) is 18.3. The van der Waals surface area contributed by atoms with Crippen LogP contribution in [-0.2, 0) is 13.6 Å². The Morgan fingerprint density at radius 3 is 2.74 bits per heavy atom. The maximum absolute atomic E-state index is 12.1. The molecule has 0 atom stereocenters. The van der Waals surface area contributed by atoms with Crippen molar-refractivity contribution in [3.63, 3.8) is 0 Å². The van der Waals surface area contributed by atoms with E-state index >= 15 is 0 Å². The zero-order valence-corrected chi connectivity index (χ0v) is 12.4. The smallest absolute Gasteiger partial charge is 0.293 e. The van der Waals surface area contributed by atoms with Crippen molar-refractivity contribution in [2.24, 2.45) is 7.05 Å². The van der Waals surface area contributed by atoms with Crippen LogP contribution >= 0.6 is 15.9 Å². The van der Waals surface area contributed by atoms with Gasteiger partial charge >= 0.3 is 0 Å². The van der Waals surface area contributed by atoms with Gasteiger partial charge in [0.1, 0.15) is 0 Å². The second-order valence-electron chi connectivity index (χ2n) is 4.26. The Balaban J connectivity index is 2.30. The normalized spacial score (nSPS) is 10.4. The molecular formula is C14H16BrN3O. The van der Waals surface area contributed by atoms with Crippen molar-refractivity contribution in [1.29, 1.82) is 0 Å². The first-order valence-corrected chi connectivity index (χ1v) is 7.21. The van der Waals surface area contributed by atoms with E-state index in [0.717, 1.165) is 17.4 Å². The lowest BCUT2D eigenvalue weighted by Gasteiger charge is -2.22. The molecule has 0 spiro atoms. The summed E-state index contributed by atoms with van der Waals surface area (Å²) >= 11 is 3.43. The van der Waals surface area contributed by atoms with Crippen molar-refractivity contribution in [2.75, 3.05) is 16.8 Å². The largest absolute Gasteiger partial charge is 0.347 e. The van der Waals surface area contributed by atoms with Gasteiger partial charge in [0.2, 0.25) is 0 Å². The third kappa shape index (κ3) is 3.44. The van der Waals surface area contributed by atoms with Crippen molar-refractivity contribution in [2.45, 2.75) is 6.54 Å². The summed E-state index contributed by atoms with van der Waals surface area (Å²) in [6.07, 6.45) is 3.32. The average molecular weight is 322 g/mol. The van der Waals surface area contributed by atoms with Gasteiger partial charge in [0, 0.05) is 37.9 Å². The highest BCUT2D eigenvalue weighted by molar-refractivity contribution is 9.09. The molecule has 0 unspecified atom stereocenters. The van der Waals surface area contributed by atoms with E-state index in [1.807, 2.05) is 23.1 Å². The fourth-order valence-electron chi connectivity index (χ4n) is 1.87. The molecule has 1 aromatic carbocycles. The van der Waals surface area contributed by atoms with Gasteiger partial charge in [-0.05, 0) is 5.56 Å². The molecule has 0 amide bonds. The summed E-state index contributed by atoms with van der Waals surface area (Å²) < 4.78 is 1.55. The lowest BCUT2D eigenvalue weighted by Crippen LogP contribution is -2.33. The fourth-order valence-corrected chi connectivity index (χ4v) is 2.30. The monoisotopic (exact) mass is 321 g/mol. The number of rotatable bonds is 5. The average Bonchev–Trinajstić information content (AvgIpc) is 2.43. The SMILES string of the molecule is Cn1ccnc(N(CCBr)Cc2ccccc2)c1=O. The van der Waals surface area contributed by atoms with E-state index < -0.39 is 0 Å². The molecule has 100 valence electrons. The van der Waals surface area contributed by atoms with Crippen molar-refractivity contribution < 1.29 is 0 Å². The second-order valence-corrected chi connectivity index (χ2v) is 5.06. The third-order valence-corrected chi connectivity index (χ3v) is 3.22. The lowest BCUT2D eigenvalue weighted by molar-refractivity contribution is 0.770. The number of benzene rings is 1. The molecule has 5 heteroatoms. The van der Waals surface area contributed by atoms with Gasteiger partial charge in [-0.15, -0.1) is 0 Å². The van der Waals surface area contributed by atoms with Crippen molar-refractivity contribution in [3.8, 4) is 0 Å². The second kappa shape index (κ2) is 6.52. The van der Waals surface area contributed by atoms with E-state index in [-0.39, 0.29) is 5.56 Å². The van der Waals surface area contributed by atoms with E-state index in [0.29, 0.717) is 12.4 Å². The van der Waals surface area contributed by atoms with E-state index in [4.69, 9.17) is 0 Å². The van der Waals surface area contributed by atoms with E-state index in [1.54, 1.807) is 24.0 Å². The first kappa shape index (κ1) is 13.8. The first-order chi connectivity index (χ1) is 9.22. The topological polar surface area (TPSA) is 38.1 Å². The van der Waals surface area contributed by atoms with Crippen LogP contribution in [0.25, 0.3) is 0 Å². The number of aryl methyl sites for hydroxylation is 1. The van der Waals surface area contributed by atoms with Crippen LogP contribution in [0.2, 0.25) is 0 Å². The number of aromatic nitrogens is 2. The van der Waals surface area contributed by atoms with E-state index in [9.17, 15) is 4.79 Å². The van der Waals surface area contributed by atoms with Crippen molar-refractivity contribution in [3.05, 3.63) is 58.6 Å². The highest BCUT2D eigenvalue weighted by atomic mass is 79.9. The van der Waals surface area contributed by atoms with Crippen LogP contribution in [0.4, 0.5) is 5.82 Å². The molecule has 0 aliphatic heterocycles. The van der Waals surface area contributed by atoms with Crippen LogP contribution in [0.1, 0.15) is 5.56 Å². The summed E-state index contributed by atoms with van der Waals surface area (Å²) in [5.74, 6) is 0.494. The van der Waals surface area contributed by atoms with Crippen LogP contribution in [0.5, 0.6) is 0 Å². The Kier molecular flexibility index (Phi) is 4.74. The van der Waals surface area contributed by atoms with Crippen LogP contribution in [0.3, 0.4) is 0 Å². The van der Waals surface area contributed by atoms with Gasteiger partial charge in [0.15, 0.2) is 5.82 Å². The molecule has 0 saturated heterocycles. The van der Waals surface area contributed by atoms with Crippen molar-refractivity contribution in [1.82, 2.24) is 9.55 Å². The number of hydrogen-bond acceptors (Lipinski definition) is 3. The summed E-state index contributed by atoms with van der Waals surface area (Å²) in [6.45, 7) is 1.42. The maximum atomic E-state index is 12.1. The Hall–Kier alpha value is -1.62.